The second-order valence-corrected chi connectivity index (χ2v) is 9.03. The van der Waals surface area contributed by atoms with Crippen molar-refractivity contribution in [3.8, 4) is 11.1 Å². The summed E-state index contributed by atoms with van der Waals surface area (Å²) in [6, 6.07) is 15.3. The topological polar surface area (TPSA) is 105 Å². The number of hydrogen-bond donors (Lipinski definition) is 3. The Morgan fingerprint density at radius 2 is 1.56 bits per heavy atom. The van der Waals surface area contributed by atoms with Crippen LogP contribution in [0.1, 0.15) is 63.5 Å². The molecule has 3 unspecified atom stereocenters. The number of aliphatic carboxylic acids is 1. The van der Waals surface area contributed by atoms with E-state index in [-0.39, 0.29) is 36.8 Å². The summed E-state index contributed by atoms with van der Waals surface area (Å²) in [6.07, 6.45) is 1.50. The van der Waals surface area contributed by atoms with Crippen LogP contribution >= 0.6 is 0 Å². The van der Waals surface area contributed by atoms with E-state index >= 15 is 0 Å². The highest BCUT2D eigenvalue weighted by molar-refractivity contribution is 5.83. The minimum atomic E-state index is -1.02. The number of hydrogen-bond acceptors (Lipinski definition) is 4. The zero-order chi connectivity index (χ0) is 24.7. The van der Waals surface area contributed by atoms with Gasteiger partial charge in [-0.3, -0.25) is 4.79 Å². The highest BCUT2D eigenvalue weighted by atomic mass is 16.5. The van der Waals surface area contributed by atoms with E-state index in [0.29, 0.717) is 19.3 Å². The quantitative estimate of drug-likeness (QED) is 0.445. The molecule has 2 amide bonds. The van der Waals surface area contributed by atoms with Crippen molar-refractivity contribution in [2.45, 2.75) is 64.5 Å². The van der Waals surface area contributed by atoms with E-state index in [1.165, 1.54) is 11.1 Å². The number of carboxylic acid groups (broad SMARTS) is 1. The Labute approximate surface area is 200 Å². The maximum Gasteiger partial charge on any atom is 0.407 e. The first-order chi connectivity index (χ1) is 16.3. The fraction of sp³-hybridized carbons (Fsp3) is 0.444. The van der Waals surface area contributed by atoms with Crippen molar-refractivity contribution in [3.63, 3.8) is 0 Å². The molecular weight excluding hydrogens is 432 g/mol. The number of carboxylic acids is 1. The first kappa shape index (κ1) is 25.3. The van der Waals surface area contributed by atoms with Crippen LogP contribution in [0.3, 0.4) is 0 Å². The predicted octanol–water partition coefficient (Wildman–Crippen LogP) is 4.70. The van der Waals surface area contributed by atoms with E-state index in [4.69, 9.17) is 4.74 Å². The zero-order valence-corrected chi connectivity index (χ0v) is 20.0. The number of carbonyl (C=O) groups excluding carboxylic acids is 2. The van der Waals surface area contributed by atoms with E-state index in [1.54, 1.807) is 6.92 Å². The van der Waals surface area contributed by atoms with Gasteiger partial charge in [-0.2, -0.15) is 0 Å². The molecule has 0 fully saturated rings. The second-order valence-electron chi connectivity index (χ2n) is 9.03. The summed E-state index contributed by atoms with van der Waals surface area (Å²) in [7, 11) is 0. The van der Waals surface area contributed by atoms with Gasteiger partial charge in [0, 0.05) is 18.4 Å². The minimum Gasteiger partial charge on any atom is -0.480 e. The molecule has 3 atom stereocenters. The van der Waals surface area contributed by atoms with Gasteiger partial charge in [0.05, 0.1) is 0 Å². The van der Waals surface area contributed by atoms with E-state index < -0.39 is 18.1 Å². The van der Waals surface area contributed by atoms with Gasteiger partial charge in [0.25, 0.3) is 0 Å². The molecule has 0 aliphatic heterocycles. The molecule has 182 valence electrons. The highest BCUT2D eigenvalue weighted by Gasteiger charge is 2.29. The van der Waals surface area contributed by atoms with E-state index in [0.717, 1.165) is 11.1 Å². The molecule has 0 bridgehead atoms. The zero-order valence-electron chi connectivity index (χ0n) is 20.0. The van der Waals surface area contributed by atoms with Gasteiger partial charge in [0.1, 0.15) is 12.6 Å². The lowest BCUT2D eigenvalue weighted by Gasteiger charge is -2.20. The molecule has 34 heavy (non-hydrogen) atoms. The van der Waals surface area contributed by atoms with Gasteiger partial charge in [-0.1, -0.05) is 68.8 Å². The van der Waals surface area contributed by atoms with Crippen molar-refractivity contribution in [1.82, 2.24) is 10.6 Å². The number of benzene rings is 2. The summed E-state index contributed by atoms with van der Waals surface area (Å²) in [5, 5.41) is 14.7. The molecule has 0 heterocycles. The number of alkyl carbamates (subject to hydrolysis) is 1. The Morgan fingerprint density at radius 3 is 2.12 bits per heavy atom. The molecule has 3 rings (SSSR count). The fourth-order valence-electron chi connectivity index (χ4n) is 4.41. The average molecular weight is 467 g/mol. The molecule has 7 heteroatoms. The summed E-state index contributed by atoms with van der Waals surface area (Å²) >= 11 is 0. The van der Waals surface area contributed by atoms with Gasteiger partial charge in [-0.15, -0.1) is 0 Å². The molecular formula is C27H34N2O5. The third-order valence-corrected chi connectivity index (χ3v) is 6.54. The molecule has 0 radical (unpaired) electrons. The summed E-state index contributed by atoms with van der Waals surface area (Å²) in [6.45, 7) is 5.81. The average Bonchev–Trinajstić information content (AvgIpc) is 3.14. The maximum absolute atomic E-state index is 12.4. The van der Waals surface area contributed by atoms with Gasteiger partial charge in [0.2, 0.25) is 5.91 Å². The molecule has 1 aliphatic rings. The lowest BCUT2D eigenvalue weighted by atomic mass is 9.98. The first-order valence-electron chi connectivity index (χ1n) is 12.0. The first-order valence-corrected chi connectivity index (χ1v) is 12.0. The van der Waals surface area contributed by atoms with Crippen LogP contribution in [0.5, 0.6) is 0 Å². The molecule has 2 aromatic carbocycles. The molecule has 7 nitrogen and oxygen atoms in total. The number of fused-ring (bicyclic) bond motifs is 3. The largest absolute Gasteiger partial charge is 0.480 e. The number of carbonyl (C=O) groups is 3. The summed E-state index contributed by atoms with van der Waals surface area (Å²) < 4.78 is 5.56. The summed E-state index contributed by atoms with van der Waals surface area (Å²) in [5.74, 6) is -1.45. The molecule has 3 N–H and O–H groups in total. The van der Waals surface area contributed by atoms with Crippen molar-refractivity contribution in [2.24, 2.45) is 5.92 Å². The van der Waals surface area contributed by atoms with Crippen LogP contribution in [-0.2, 0) is 14.3 Å². The number of amides is 2. The Bertz CT molecular complexity index is 976. The lowest BCUT2D eigenvalue weighted by Crippen LogP contribution is -2.45. The van der Waals surface area contributed by atoms with Gasteiger partial charge in [-0.05, 0) is 47.9 Å². The van der Waals surface area contributed by atoms with Crippen LogP contribution in [0, 0.1) is 5.92 Å². The van der Waals surface area contributed by atoms with E-state index in [9.17, 15) is 19.5 Å². The van der Waals surface area contributed by atoms with Crippen LogP contribution < -0.4 is 10.6 Å². The van der Waals surface area contributed by atoms with Gasteiger partial charge < -0.3 is 20.5 Å². The fourth-order valence-corrected chi connectivity index (χ4v) is 4.41. The Hall–Kier alpha value is -3.35. The third-order valence-electron chi connectivity index (χ3n) is 6.54. The predicted molar refractivity (Wildman–Crippen MR) is 131 cm³/mol. The van der Waals surface area contributed by atoms with Crippen molar-refractivity contribution >= 4 is 18.0 Å². The van der Waals surface area contributed by atoms with Crippen LogP contribution in [0.25, 0.3) is 11.1 Å². The molecule has 0 aromatic heterocycles. The van der Waals surface area contributed by atoms with Gasteiger partial charge >= 0.3 is 12.1 Å². The second kappa shape index (κ2) is 11.7. The highest BCUT2D eigenvalue weighted by Crippen LogP contribution is 2.44. The molecule has 0 spiro atoms. The smallest absolute Gasteiger partial charge is 0.407 e. The monoisotopic (exact) mass is 466 g/mol. The normalized spacial score (nSPS) is 14.9. The van der Waals surface area contributed by atoms with Crippen LogP contribution in [0.4, 0.5) is 4.79 Å². The van der Waals surface area contributed by atoms with Crippen molar-refractivity contribution in [3.05, 3.63) is 59.7 Å². The Kier molecular flexibility index (Phi) is 8.68. The number of ether oxygens (including phenoxy) is 1. The Morgan fingerprint density at radius 1 is 0.971 bits per heavy atom. The maximum atomic E-state index is 12.4. The Balaban J connectivity index is 1.43. The molecule has 1 aliphatic carbocycles. The summed E-state index contributed by atoms with van der Waals surface area (Å²) in [4.78, 5) is 35.9. The van der Waals surface area contributed by atoms with Crippen LogP contribution in [0.2, 0.25) is 0 Å². The standard InChI is InChI=1S/C27H34N2O5/c1-4-17(2)25(26(31)32)29-24(30)15-9-10-18(3)28-27(33)34-16-23-21-13-7-5-11-19(21)20-12-6-8-14-22(20)23/h5-8,11-14,17-18,23,25H,4,9-10,15-16H2,1-3H3,(H,28,33)(H,29,30)(H,31,32). The van der Waals surface area contributed by atoms with Crippen molar-refractivity contribution in [2.75, 3.05) is 6.61 Å². The minimum absolute atomic E-state index is 0.00449. The molecule has 0 saturated heterocycles. The van der Waals surface area contributed by atoms with Crippen LogP contribution in [0.15, 0.2) is 48.5 Å². The van der Waals surface area contributed by atoms with Crippen molar-refractivity contribution < 1.29 is 24.2 Å². The van der Waals surface area contributed by atoms with E-state index in [1.807, 2.05) is 38.1 Å². The summed E-state index contributed by atoms with van der Waals surface area (Å²) in [5.41, 5.74) is 4.68. The van der Waals surface area contributed by atoms with Crippen LogP contribution in [-0.4, -0.2) is 41.8 Å². The van der Waals surface area contributed by atoms with E-state index in [2.05, 4.69) is 34.9 Å². The number of nitrogens with one attached hydrogen (secondary N) is 2. The number of rotatable bonds is 11. The molecule has 2 aromatic rings. The van der Waals surface area contributed by atoms with Gasteiger partial charge in [-0.25, -0.2) is 9.59 Å². The molecule has 0 saturated carbocycles. The SMILES string of the molecule is CCC(C)C(NC(=O)CCCC(C)NC(=O)OCC1c2ccccc2-c2ccccc21)C(=O)O. The van der Waals surface area contributed by atoms with Crippen molar-refractivity contribution in [1.29, 1.82) is 0 Å². The van der Waals surface area contributed by atoms with Gasteiger partial charge in [0.15, 0.2) is 0 Å². The lowest BCUT2D eigenvalue weighted by molar-refractivity contribution is -0.143. The third kappa shape index (κ3) is 6.16.